The number of aryl methyl sites for hydroxylation is 1. The summed E-state index contributed by atoms with van der Waals surface area (Å²) in [6, 6.07) is 17.1. The van der Waals surface area contributed by atoms with Crippen LogP contribution in [0.1, 0.15) is 18.4 Å². The van der Waals surface area contributed by atoms with Crippen LogP contribution in [0.25, 0.3) is 16.7 Å². The fraction of sp³-hybridized carbons (Fsp3) is 0.227. The molecular formula is C22H23N5O2. The topological polar surface area (TPSA) is 73.8 Å². The summed E-state index contributed by atoms with van der Waals surface area (Å²) in [7, 11) is 1.80. The van der Waals surface area contributed by atoms with Crippen LogP contribution in [0.4, 0.5) is 5.69 Å². The fourth-order valence-corrected chi connectivity index (χ4v) is 3.61. The van der Waals surface area contributed by atoms with E-state index in [1.165, 1.54) is 0 Å². The van der Waals surface area contributed by atoms with Crippen LogP contribution in [0, 0.1) is 6.92 Å². The van der Waals surface area contributed by atoms with E-state index in [0.29, 0.717) is 17.8 Å². The van der Waals surface area contributed by atoms with E-state index in [4.69, 9.17) is 0 Å². The minimum atomic E-state index is -0.256. The highest BCUT2D eigenvalue weighted by Gasteiger charge is 2.19. The quantitative estimate of drug-likeness (QED) is 0.570. The fourth-order valence-electron chi connectivity index (χ4n) is 3.61. The number of carbonyl (C=O) groups excluding carboxylic acids is 1. The molecule has 0 bridgehead atoms. The molecule has 0 saturated heterocycles. The molecule has 4 aromatic rings. The molecule has 2 aromatic heterocycles. The molecule has 7 nitrogen and oxygen atoms in total. The van der Waals surface area contributed by atoms with E-state index >= 15 is 0 Å². The number of aromatic nitrogens is 4. The zero-order valence-electron chi connectivity index (χ0n) is 16.7. The van der Waals surface area contributed by atoms with Crippen LogP contribution in [0.15, 0.2) is 59.4 Å². The van der Waals surface area contributed by atoms with Crippen LogP contribution in [0.3, 0.4) is 0 Å². The van der Waals surface area contributed by atoms with Gasteiger partial charge in [0.2, 0.25) is 5.91 Å². The third-order valence-electron chi connectivity index (χ3n) is 5.17. The van der Waals surface area contributed by atoms with Gasteiger partial charge in [0.1, 0.15) is 18.1 Å². The third-order valence-corrected chi connectivity index (χ3v) is 5.17. The lowest BCUT2D eigenvalue weighted by atomic mass is 10.3. The van der Waals surface area contributed by atoms with Gasteiger partial charge in [0.25, 0.3) is 5.56 Å². The van der Waals surface area contributed by atoms with E-state index < -0.39 is 0 Å². The highest BCUT2D eigenvalue weighted by Crippen LogP contribution is 2.18. The van der Waals surface area contributed by atoms with Gasteiger partial charge in [-0.15, -0.1) is 0 Å². The van der Waals surface area contributed by atoms with Gasteiger partial charge < -0.3 is 9.88 Å². The second kappa shape index (κ2) is 7.43. The average Bonchev–Trinajstić information content (AvgIpc) is 3.19. The molecule has 4 rings (SSSR count). The van der Waals surface area contributed by atoms with E-state index in [9.17, 15) is 9.59 Å². The summed E-state index contributed by atoms with van der Waals surface area (Å²) in [5.74, 6) is 0.585. The normalized spacial score (nSPS) is 11.1. The number of nitrogens with zero attached hydrogens (tertiary/aromatic N) is 4. The van der Waals surface area contributed by atoms with Crippen LogP contribution in [-0.4, -0.2) is 24.8 Å². The Labute approximate surface area is 168 Å². The Kier molecular flexibility index (Phi) is 4.80. The van der Waals surface area contributed by atoms with Gasteiger partial charge in [-0.2, -0.15) is 0 Å². The summed E-state index contributed by atoms with van der Waals surface area (Å²) in [6.45, 7) is 3.93. The Morgan fingerprint density at radius 2 is 1.76 bits per heavy atom. The molecule has 2 heterocycles. The first-order chi connectivity index (χ1) is 14.0. The summed E-state index contributed by atoms with van der Waals surface area (Å²) < 4.78 is 5.20. The van der Waals surface area contributed by atoms with Crippen molar-refractivity contribution >= 4 is 22.6 Å². The lowest BCUT2D eigenvalue weighted by Gasteiger charge is -2.08. The highest BCUT2D eigenvalue weighted by molar-refractivity contribution is 5.92. The lowest BCUT2D eigenvalue weighted by Crippen LogP contribution is -2.25. The number of fused-ring (bicyclic) bond motifs is 1. The van der Waals surface area contributed by atoms with E-state index in [-0.39, 0.29) is 18.0 Å². The van der Waals surface area contributed by atoms with Crippen molar-refractivity contribution < 1.29 is 4.79 Å². The lowest BCUT2D eigenvalue weighted by molar-refractivity contribution is -0.116. The van der Waals surface area contributed by atoms with E-state index in [1.54, 1.807) is 16.4 Å². The number of imidazole rings is 1. The molecule has 0 saturated carbocycles. The van der Waals surface area contributed by atoms with E-state index in [0.717, 1.165) is 22.5 Å². The molecular weight excluding hydrogens is 366 g/mol. The van der Waals surface area contributed by atoms with Crippen molar-refractivity contribution in [1.29, 1.82) is 0 Å². The van der Waals surface area contributed by atoms with Crippen LogP contribution in [0.5, 0.6) is 0 Å². The Morgan fingerprint density at radius 3 is 2.48 bits per heavy atom. The van der Waals surface area contributed by atoms with Crippen LogP contribution >= 0.6 is 0 Å². The highest BCUT2D eigenvalue weighted by atomic mass is 16.2. The molecule has 1 amide bonds. The summed E-state index contributed by atoms with van der Waals surface area (Å²) in [6.07, 6.45) is 0.715. The molecule has 0 unspecified atom stereocenters. The second-order valence-electron chi connectivity index (χ2n) is 6.94. The van der Waals surface area contributed by atoms with Gasteiger partial charge in [0.15, 0.2) is 0 Å². The Hall–Kier alpha value is -3.61. The van der Waals surface area contributed by atoms with Gasteiger partial charge in [0, 0.05) is 13.5 Å². The van der Waals surface area contributed by atoms with Crippen molar-refractivity contribution in [2.45, 2.75) is 26.8 Å². The zero-order valence-corrected chi connectivity index (χ0v) is 16.7. The summed E-state index contributed by atoms with van der Waals surface area (Å²) in [4.78, 5) is 30.4. The Balaban J connectivity index is 1.66. The third kappa shape index (κ3) is 3.24. The number of carbonyl (C=O) groups is 1. The maximum absolute atomic E-state index is 13.0. The molecule has 7 heteroatoms. The Morgan fingerprint density at radius 1 is 1.07 bits per heavy atom. The van der Waals surface area contributed by atoms with Gasteiger partial charge in [-0.3, -0.25) is 14.3 Å². The van der Waals surface area contributed by atoms with Crippen molar-refractivity contribution in [3.63, 3.8) is 0 Å². The maximum atomic E-state index is 13.0. The number of hydrogen-bond donors (Lipinski definition) is 1. The predicted molar refractivity (Wildman–Crippen MR) is 113 cm³/mol. The molecule has 2 aromatic carbocycles. The molecule has 29 heavy (non-hydrogen) atoms. The SMILES string of the molecule is CCc1nc2ccccc2n1CC(=O)Nc1c(C)n(C)n(-c2ccccc2)c1=O. The van der Waals surface area contributed by atoms with Gasteiger partial charge in [-0.1, -0.05) is 37.3 Å². The second-order valence-corrected chi connectivity index (χ2v) is 6.94. The molecule has 1 N–H and O–H groups in total. The average molecular weight is 389 g/mol. The number of amides is 1. The summed E-state index contributed by atoms with van der Waals surface area (Å²) in [5, 5.41) is 2.82. The molecule has 0 aliphatic heterocycles. The van der Waals surface area contributed by atoms with Crippen molar-refractivity contribution in [2.24, 2.45) is 7.05 Å². The van der Waals surface area contributed by atoms with Gasteiger partial charge in [0.05, 0.1) is 22.4 Å². The van der Waals surface area contributed by atoms with Crippen LogP contribution in [0.2, 0.25) is 0 Å². The molecule has 0 aliphatic rings. The first-order valence-corrected chi connectivity index (χ1v) is 9.59. The number of benzene rings is 2. The first kappa shape index (κ1) is 18.7. The first-order valence-electron chi connectivity index (χ1n) is 9.59. The van der Waals surface area contributed by atoms with Crippen molar-refractivity contribution in [3.05, 3.63) is 76.5 Å². The van der Waals surface area contributed by atoms with Crippen molar-refractivity contribution in [1.82, 2.24) is 18.9 Å². The number of hydrogen-bond acceptors (Lipinski definition) is 3. The summed E-state index contributed by atoms with van der Waals surface area (Å²) >= 11 is 0. The maximum Gasteiger partial charge on any atom is 0.295 e. The number of rotatable bonds is 5. The molecule has 148 valence electrons. The smallest absolute Gasteiger partial charge is 0.295 e. The standard InChI is InChI=1S/C22H23N5O2/c1-4-19-23-17-12-8-9-13-18(17)26(19)14-20(28)24-21-15(2)25(3)27(22(21)29)16-10-6-5-7-11-16/h5-13H,4,14H2,1-3H3,(H,24,28). The van der Waals surface area contributed by atoms with Crippen LogP contribution in [-0.2, 0) is 24.8 Å². The molecule has 0 aliphatic carbocycles. The molecule has 0 atom stereocenters. The van der Waals surface area contributed by atoms with Gasteiger partial charge in [-0.05, 0) is 31.2 Å². The van der Waals surface area contributed by atoms with Crippen molar-refractivity contribution in [2.75, 3.05) is 5.32 Å². The zero-order chi connectivity index (χ0) is 20.5. The largest absolute Gasteiger partial charge is 0.318 e. The number of nitrogens with one attached hydrogen (secondary N) is 1. The molecule has 0 spiro atoms. The predicted octanol–water partition coefficient (Wildman–Crippen LogP) is 3.04. The van der Waals surface area contributed by atoms with Crippen LogP contribution < -0.4 is 10.9 Å². The molecule has 0 fully saturated rings. The minimum absolute atomic E-state index is 0.1000. The Bertz CT molecular complexity index is 1250. The number of para-hydroxylation sites is 3. The van der Waals surface area contributed by atoms with E-state index in [2.05, 4.69) is 10.3 Å². The molecule has 0 radical (unpaired) electrons. The van der Waals surface area contributed by atoms with Crippen molar-refractivity contribution in [3.8, 4) is 5.69 Å². The monoisotopic (exact) mass is 389 g/mol. The van der Waals surface area contributed by atoms with E-state index in [1.807, 2.05) is 73.0 Å². The van der Waals surface area contributed by atoms with Gasteiger partial charge >= 0.3 is 0 Å². The van der Waals surface area contributed by atoms with Gasteiger partial charge in [-0.25, -0.2) is 9.67 Å². The summed E-state index contributed by atoms with van der Waals surface area (Å²) in [5.41, 5.74) is 3.25. The minimum Gasteiger partial charge on any atom is -0.318 e. The number of anilines is 1.